The molecule has 8 heteroatoms. The number of rotatable bonds is 3. The van der Waals surface area contributed by atoms with Crippen LogP contribution in [0.2, 0.25) is 0 Å². The zero-order valence-corrected chi connectivity index (χ0v) is 9.57. The average molecular weight is 251 g/mol. The van der Waals surface area contributed by atoms with Crippen LogP contribution in [0.5, 0.6) is 0 Å². The predicted molar refractivity (Wildman–Crippen MR) is 64.1 cm³/mol. The van der Waals surface area contributed by atoms with Crippen molar-refractivity contribution in [3.63, 3.8) is 0 Å². The molecular formula is C10H13N5O3. The largest absolute Gasteiger partial charge is 0.368 e. The third-order valence-corrected chi connectivity index (χ3v) is 2.81. The topological polar surface area (TPSA) is 114 Å². The van der Waals surface area contributed by atoms with E-state index >= 15 is 0 Å². The normalized spacial score (nSPS) is 19.6. The van der Waals surface area contributed by atoms with Crippen molar-refractivity contribution in [2.24, 2.45) is 5.73 Å². The molecule has 1 saturated heterocycles. The van der Waals surface area contributed by atoms with E-state index in [1.165, 1.54) is 18.3 Å². The Bertz CT molecular complexity index is 478. The van der Waals surface area contributed by atoms with Crippen molar-refractivity contribution in [3.8, 4) is 0 Å². The summed E-state index contributed by atoms with van der Waals surface area (Å²) in [4.78, 5) is 27.4. The number of pyridine rings is 1. The van der Waals surface area contributed by atoms with Crippen LogP contribution in [0.25, 0.3) is 0 Å². The quantitative estimate of drug-likeness (QED) is 0.539. The molecule has 2 heterocycles. The van der Waals surface area contributed by atoms with Crippen LogP contribution in [-0.2, 0) is 4.79 Å². The van der Waals surface area contributed by atoms with Gasteiger partial charge in [0, 0.05) is 31.9 Å². The predicted octanol–water partition coefficient (Wildman–Crippen LogP) is -0.747. The molecule has 0 spiro atoms. The summed E-state index contributed by atoms with van der Waals surface area (Å²) >= 11 is 0. The second kappa shape index (κ2) is 4.96. The summed E-state index contributed by atoms with van der Waals surface area (Å²) in [6.45, 7) is 1.44. The first-order valence-corrected chi connectivity index (χ1v) is 5.47. The number of nitro groups is 1. The molecule has 8 nitrogen and oxygen atoms in total. The molecule has 0 bridgehead atoms. The number of nitrogens with one attached hydrogen (secondary N) is 1. The van der Waals surface area contributed by atoms with Gasteiger partial charge >= 0.3 is 5.69 Å². The Labute approximate surface area is 103 Å². The molecule has 0 radical (unpaired) electrons. The number of hydrogen-bond acceptors (Lipinski definition) is 6. The summed E-state index contributed by atoms with van der Waals surface area (Å²) in [5, 5.41) is 14.0. The molecular weight excluding hydrogens is 238 g/mol. The van der Waals surface area contributed by atoms with Crippen LogP contribution >= 0.6 is 0 Å². The van der Waals surface area contributed by atoms with Crippen LogP contribution in [0, 0.1) is 10.1 Å². The number of carbonyl (C=O) groups is 1. The highest BCUT2D eigenvalue weighted by Gasteiger charge is 2.32. The van der Waals surface area contributed by atoms with Crippen molar-refractivity contribution in [2.75, 3.05) is 24.5 Å². The summed E-state index contributed by atoms with van der Waals surface area (Å²) in [5.74, 6) is -0.338. The Kier molecular flexibility index (Phi) is 3.38. The maximum Gasteiger partial charge on any atom is 0.311 e. The second-order valence-electron chi connectivity index (χ2n) is 3.92. The summed E-state index contributed by atoms with van der Waals surface area (Å²) in [7, 11) is 0. The molecule has 0 saturated carbocycles. The smallest absolute Gasteiger partial charge is 0.311 e. The zero-order chi connectivity index (χ0) is 13.1. The minimum absolute atomic E-state index is 0.120. The van der Waals surface area contributed by atoms with Gasteiger partial charge in [0.1, 0.15) is 6.04 Å². The standard InChI is InChI=1S/C10H13N5O3/c11-9(16)8-6-12-4-5-14(8)10-7(15(17)18)2-1-3-13-10/h1-3,8,12H,4-6H2,(H2,11,16). The molecule has 96 valence electrons. The van der Waals surface area contributed by atoms with Crippen LogP contribution in [0.4, 0.5) is 11.5 Å². The minimum Gasteiger partial charge on any atom is -0.368 e. The van der Waals surface area contributed by atoms with Gasteiger partial charge in [-0.2, -0.15) is 0 Å². The molecule has 0 aromatic carbocycles. The number of piperazine rings is 1. The first-order valence-electron chi connectivity index (χ1n) is 5.47. The zero-order valence-electron chi connectivity index (χ0n) is 9.57. The van der Waals surface area contributed by atoms with Gasteiger partial charge in [0.2, 0.25) is 11.7 Å². The van der Waals surface area contributed by atoms with Crippen LogP contribution < -0.4 is 16.0 Å². The lowest BCUT2D eigenvalue weighted by Crippen LogP contribution is -2.57. The number of carbonyl (C=O) groups excluding carboxylic acids is 1. The van der Waals surface area contributed by atoms with Crippen LogP contribution in [-0.4, -0.2) is 41.5 Å². The maximum atomic E-state index is 11.4. The summed E-state index contributed by atoms with van der Waals surface area (Å²) < 4.78 is 0. The van der Waals surface area contributed by atoms with E-state index in [4.69, 9.17) is 5.73 Å². The van der Waals surface area contributed by atoms with E-state index in [1.807, 2.05) is 0 Å². The Morgan fingerprint density at radius 2 is 2.44 bits per heavy atom. The Morgan fingerprint density at radius 1 is 1.67 bits per heavy atom. The van der Waals surface area contributed by atoms with Crippen molar-refractivity contribution in [2.45, 2.75) is 6.04 Å². The number of aromatic nitrogens is 1. The van der Waals surface area contributed by atoms with Gasteiger partial charge in [-0.3, -0.25) is 14.9 Å². The molecule has 1 atom stereocenters. The van der Waals surface area contributed by atoms with Gasteiger partial charge in [-0.15, -0.1) is 0 Å². The number of hydrogen-bond donors (Lipinski definition) is 2. The van der Waals surface area contributed by atoms with E-state index < -0.39 is 16.9 Å². The Hall–Kier alpha value is -2.22. The molecule has 2 rings (SSSR count). The summed E-state index contributed by atoms with van der Waals surface area (Å²) in [6.07, 6.45) is 1.46. The van der Waals surface area contributed by atoms with Crippen molar-refractivity contribution in [3.05, 3.63) is 28.4 Å². The van der Waals surface area contributed by atoms with Crippen molar-refractivity contribution < 1.29 is 9.72 Å². The number of anilines is 1. The molecule has 1 aliphatic rings. The van der Waals surface area contributed by atoms with E-state index in [0.717, 1.165) is 0 Å². The first kappa shape index (κ1) is 12.2. The highest BCUT2D eigenvalue weighted by Crippen LogP contribution is 2.26. The fraction of sp³-hybridized carbons (Fsp3) is 0.400. The second-order valence-corrected chi connectivity index (χ2v) is 3.92. The molecule has 3 N–H and O–H groups in total. The Morgan fingerprint density at radius 3 is 3.11 bits per heavy atom. The van der Waals surface area contributed by atoms with Gasteiger partial charge in [0.25, 0.3) is 0 Å². The molecule has 1 aromatic heterocycles. The van der Waals surface area contributed by atoms with Gasteiger partial charge in [0.15, 0.2) is 0 Å². The lowest BCUT2D eigenvalue weighted by Gasteiger charge is -2.34. The average Bonchev–Trinajstić information content (AvgIpc) is 2.38. The van der Waals surface area contributed by atoms with E-state index in [2.05, 4.69) is 10.3 Å². The molecule has 1 aromatic rings. The lowest BCUT2D eigenvalue weighted by atomic mass is 10.1. The van der Waals surface area contributed by atoms with Crippen molar-refractivity contribution >= 4 is 17.4 Å². The fourth-order valence-corrected chi connectivity index (χ4v) is 1.96. The van der Waals surface area contributed by atoms with Gasteiger partial charge in [-0.05, 0) is 6.07 Å². The SMILES string of the molecule is NC(=O)C1CNCCN1c1ncccc1[N+](=O)[O-]. The number of nitrogens with zero attached hydrogens (tertiary/aromatic N) is 3. The van der Waals surface area contributed by atoms with Gasteiger partial charge in [0.05, 0.1) is 4.92 Å². The Balaban J connectivity index is 2.39. The van der Waals surface area contributed by atoms with Crippen molar-refractivity contribution in [1.82, 2.24) is 10.3 Å². The molecule has 0 aliphatic carbocycles. The number of amides is 1. The molecule has 18 heavy (non-hydrogen) atoms. The molecule has 1 unspecified atom stereocenters. The van der Waals surface area contributed by atoms with E-state index in [0.29, 0.717) is 19.6 Å². The maximum absolute atomic E-state index is 11.4. The third kappa shape index (κ3) is 2.23. The van der Waals surface area contributed by atoms with E-state index in [-0.39, 0.29) is 11.5 Å². The molecule has 1 amide bonds. The van der Waals surface area contributed by atoms with Crippen molar-refractivity contribution in [1.29, 1.82) is 0 Å². The van der Waals surface area contributed by atoms with Crippen LogP contribution in [0.3, 0.4) is 0 Å². The molecule has 1 aliphatic heterocycles. The number of nitrogens with two attached hydrogens (primary N) is 1. The van der Waals surface area contributed by atoms with E-state index in [9.17, 15) is 14.9 Å². The monoisotopic (exact) mass is 251 g/mol. The summed E-state index contributed by atoms with van der Waals surface area (Å²) in [5.41, 5.74) is 5.18. The highest BCUT2D eigenvalue weighted by molar-refractivity contribution is 5.84. The lowest BCUT2D eigenvalue weighted by molar-refractivity contribution is -0.384. The van der Waals surface area contributed by atoms with Gasteiger partial charge in [-0.25, -0.2) is 4.98 Å². The fourth-order valence-electron chi connectivity index (χ4n) is 1.96. The van der Waals surface area contributed by atoms with E-state index in [1.54, 1.807) is 4.90 Å². The third-order valence-electron chi connectivity index (χ3n) is 2.81. The summed E-state index contributed by atoms with van der Waals surface area (Å²) in [6, 6.07) is 2.23. The highest BCUT2D eigenvalue weighted by atomic mass is 16.6. The molecule has 1 fully saturated rings. The van der Waals surface area contributed by atoms with Crippen LogP contribution in [0.1, 0.15) is 0 Å². The van der Waals surface area contributed by atoms with Gasteiger partial charge in [-0.1, -0.05) is 0 Å². The first-order chi connectivity index (χ1) is 8.61. The van der Waals surface area contributed by atoms with Crippen LogP contribution in [0.15, 0.2) is 18.3 Å². The minimum atomic E-state index is -0.618. The number of primary amides is 1. The van der Waals surface area contributed by atoms with Gasteiger partial charge < -0.3 is 16.0 Å².